The molecule has 4 rings (SSSR count). The summed E-state index contributed by atoms with van der Waals surface area (Å²) in [5, 5.41) is 1.19. The van der Waals surface area contributed by atoms with Gasteiger partial charge in [0.15, 0.2) is 6.10 Å². The highest BCUT2D eigenvalue weighted by atomic mass is 16.5. The summed E-state index contributed by atoms with van der Waals surface area (Å²) in [4.78, 5) is 22.5. The molecule has 3 aromatic rings. The lowest BCUT2D eigenvalue weighted by Crippen LogP contribution is -2.41. The Kier molecular flexibility index (Phi) is 4.71. The van der Waals surface area contributed by atoms with Gasteiger partial charge in [0.05, 0.1) is 0 Å². The van der Waals surface area contributed by atoms with Crippen LogP contribution < -0.4 is 0 Å². The van der Waals surface area contributed by atoms with Crippen LogP contribution in [0.25, 0.3) is 11.0 Å². The minimum atomic E-state index is -0.523. The van der Waals surface area contributed by atoms with Gasteiger partial charge >= 0.3 is 0 Å². The van der Waals surface area contributed by atoms with Crippen LogP contribution in [-0.4, -0.2) is 41.0 Å². The summed E-state index contributed by atoms with van der Waals surface area (Å²) in [6.07, 6.45) is 5.27. The average molecular weight is 349 g/mol. The zero-order valence-electron chi connectivity index (χ0n) is 14.9. The number of methoxy groups -OCH3 is 1. The van der Waals surface area contributed by atoms with Gasteiger partial charge in [0.25, 0.3) is 5.91 Å². The van der Waals surface area contributed by atoms with E-state index in [0.29, 0.717) is 5.92 Å². The van der Waals surface area contributed by atoms with Crippen LogP contribution in [0.2, 0.25) is 0 Å². The van der Waals surface area contributed by atoms with E-state index in [1.54, 1.807) is 13.3 Å². The highest BCUT2D eigenvalue weighted by molar-refractivity contribution is 5.83. The highest BCUT2D eigenvalue weighted by Gasteiger charge is 2.30. The zero-order valence-corrected chi connectivity index (χ0v) is 14.9. The van der Waals surface area contributed by atoms with E-state index in [1.807, 2.05) is 41.3 Å². The lowest BCUT2D eigenvalue weighted by atomic mass is 9.89. The van der Waals surface area contributed by atoms with Gasteiger partial charge in [-0.2, -0.15) is 0 Å². The SMILES string of the molecule is COC(C(=O)N1CCC(c2c[nH]c3ncccc23)CC1)c1ccccc1. The minimum Gasteiger partial charge on any atom is -0.367 e. The van der Waals surface area contributed by atoms with E-state index in [0.717, 1.165) is 37.1 Å². The summed E-state index contributed by atoms with van der Waals surface area (Å²) < 4.78 is 5.50. The van der Waals surface area contributed by atoms with Crippen LogP contribution in [0, 0.1) is 0 Å². The van der Waals surface area contributed by atoms with Crippen LogP contribution in [0.3, 0.4) is 0 Å². The topological polar surface area (TPSA) is 58.2 Å². The van der Waals surface area contributed by atoms with Gasteiger partial charge in [-0.1, -0.05) is 30.3 Å². The molecule has 3 heterocycles. The molecule has 1 amide bonds. The molecule has 2 aromatic heterocycles. The summed E-state index contributed by atoms with van der Waals surface area (Å²) in [6, 6.07) is 13.8. The Morgan fingerprint density at radius 3 is 2.69 bits per heavy atom. The fourth-order valence-electron chi connectivity index (χ4n) is 3.90. The zero-order chi connectivity index (χ0) is 17.9. The number of rotatable bonds is 4. The fraction of sp³-hybridized carbons (Fsp3) is 0.333. The smallest absolute Gasteiger partial charge is 0.256 e. The van der Waals surface area contributed by atoms with Gasteiger partial charge in [-0.3, -0.25) is 4.79 Å². The van der Waals surface area contributed by atoms with E-state index >= 15 is 0 Å². The first kappa shape index (κ1) is 16.8. The van der Waals surface area contributed by atoms with E-state index < -0.39 is 6.10 Å². The summed E-state index contributed by atoms with van der Waals surface area (Å²) in [5.41, 5.74) is 3.15. The van der Waals surface area contributed by atoms with Gasteiger partial charge < -0.3 is 14.6 Å². The first-order chi connectivity index (χ1) is 12.8. The van der Waals surface area contributed by atoms with Crippen molar-refractivity contribution < 1.29 is 9.53 Å². The number of amides is 1. The number of aromatic amines is 1. The molecule has 134 valence electrons. The molecular formula is C21H23N3O2. The third-order valence-electron chi connectivity index (χ3n) is 5.29. The number of carbonyl (C=O) groups is 1. The van der Waals surface area contributed by atoms with E-state index in [9.17, 15) is 4.79 Å². The Labute approximate surface area is 153 Å². The first-order valence-electron chi connectivity index (χ1n) is 9.06. The molecule has 1 aliphatic heterocycles. The molecule has 0 saturated carbocycles. The molecule has 5 heteroatoms. The predicted molar refractivity (Wildman–Crippen MR) is 101 cm³/mol. The molecule has 1 aromatic carbocycles. The van der Waals surface area contributed by atoms with Gasteiger partial charge in [0, 0.05) is 38.0 Å². The molecular weight excluding hydrogens is 326 g/mol. The molecule has 1 saturated heterocycles. The molecule has 0 spiro atoms. The molecule has 1 N–H and O–H groups in total. The van der Waals surface area contributed by atoms with E-state index in [4.69, 9.17) is 4.74 Å². The first-order valence-corrected chi connectivity index (χ1v) is 9.06. The number of likely N-dealkylation sites (tertiary alicyclic amines) is 1. The average Bonchev–Trinajstić information content (AvgIpc) is 3.13. The Balaban J connectivity index is 1.45. The molecule has 0 aliphatic carbocycles. The van der Waals surface area contributed by atoms with Crippen LogP contribution in [0.1, 0.15) is 36.0 Å². The molecule has 0 radical (unpaired) electrons. The van der Waals surface area contributed by atoms with Gasteiger partial charge in [-0.05, 0) is 42.0 Å². The van der Waals surface area contributed by atoms with Crippen molar-refractivity contribution >= 4 is 16.9 Å². The maximum absolute atomic E-state index is 12.9. The Hall–Kier alpha value is -2.66. The second kappa shape index (κ2) is 7.30. The van der Waals surface area contributed by atoms with Crippen LogP contribution in [0.5, 0.6) is 0 Å². The normalized spacial score (nSPS) is 16.7. The van der Waals surface area contributed by atoms with E-state index in [2.05, 4.69) is 22.2 Å². The van der Waals surface area contributed by atoms with Gasteiger partial charge in [0.2, 0.25) is 0 Å². The largest absolute Gasteiger partial charge is 0.367 e. The highest BCUT2D eigenvalue weighted by Crippen LogP contribution is 2.33. The van der Waals surface area contributed by atoms with Crippen LogP contribution in [0.4, 0.5) is 0 Å². The number of hydrogen-bond donors (Lipinski definition) is 1. The monoisotopic (exact) mass is 349 g/mol. The number of nitrogens with one attached hydrogen (secondary N) is 1. The Bertz CT molecular complexity index is 882. The van der Waals surface area contributed by atoms with Crippen molar-refractivity contribution in [3.05, 3.63) is 66.0 Å². The maximum Gasteiger partial charge on any atom is 0.256 e. The third-order valence-corrected chi connectivity index (χ3v) is 5.29. The molecule has 1 fully saturated rings. The lowest BCUT2D eigenvalue weighted by Gasteiger charge is -2.34. The quantitative estimate of drug-likeness (QED) is 0.782. The number of piperidine rings is 1. The summed E-state index contributed by atoms with van der Waals surface area (Å²) in [7, 11) is 1.60. The van der Waals surface area contributed by atoms with Crippen molar-refractivity contribution in [2.45, 2.75) is 24.9 Å². The minimum absolute atomic E-state index is 0.0535. The molecule has 26 heavy (non-hydrogen) atoms. The number of hydrogen-bond acceptors (Lipinski definition) is 3. The summed E-state index contributed by atoms with van der Waals surface area (Å²) in [6.45, 7) is 1.51. The number of ether oxygens (including phenoxy) is 1. The second-order valence-electron chi connectivity index (χ2n) is 6.77. The second-order valence-corrected chi connectivity index (χ2v) is 6.77. The summed E-state index contributed by atoms with van der Waals surface area (Å²) in [5.74, 6) is 0.507. The molecule has 1 unspecified atom stereocenters. The van der Waals surface area contributed by atoms with E-state index in [1.165, 1.54) is 10.9 Å². The van der Waals surface area contributed by atoms with Crippen molar-refractivity contribution in [2.75, 3.05) is 20.2 Å². The number of benzene rings is 1. The molecule has 1 aliphatic rings. The van der Waals surface area contributed by atoms with Crippen molar-refractivity contribution in [2.24, 2.45) is 0 Å². The van der Waals surface area contributed by atoms with Gasteiger partial charge in [-0.15, -0.1) is 0 Å². The van der Waals surface area contributed by atoms with E-state index in [-0.39, 0.29) is 5.91 Å². The van der Waals surface area contributed by atoms with Crippen LogP contribution in [-0.2, 0) is 9.53 Å². The maximum atomic E-state index is 12.9. The predicted octanol–water partition coefficient (Wildman–Crippen LogP) is 3.66. The van der Waals surface area contributed by atoms with Gasteiger partial charge in [0.1, 0.15) is 5.65 Å². The number of pyridine rings is 1. The Morgan fingerprint density at radius 2 is 1.96 bits per heavy atom. The lowest BCUT2D eigenvalue weighted by molar-refractivity contribution is -0.143. The van der Waals surface area contributed by atoms with Gasteiger partial charge in [-0.25, -0.2) is 4.98 Å². The number of fused-ring (bicyclic) bond motifs is 1. The Morgan fingerprint density at radius 1 is 1.19 bits per heavy atom. The van der Waals surface area contributed by atoms with Crippen molar-refractivity contribution in [3.63, 3.8) is 0 Å². The van der Waals surface area contributed by atoms with Crippen molar-refractivity contribution in [3.8, 4) is 0 Å². The number of carbonyl (C=O) groups excluding carboxylic acids is 1. The standard InChI is InChI=1S/C21H23N3O2/c1-26-19(16-6-3-2-4-7-16)21(25)24-12-9-15(10-13-24)18-14-23-20-17(18)8-5-11-22-20/h2-8,11,14-15,19H,9-10,12-13H2,1H3,(H,22,23). The van der Waals surface area contributed by atoms with Crippen LogP contribution in [0.15, 0.2) is 54.9 Å². The molecule has 1 atom stereocenters. The number of H-pyrrole nitrogens is 1. The van der Waals surface area contributed by atoms with Crippen molar-refractivity contribution in [1.82, 2.24) is 14.9 Å². The van der Waals surface area contributed by atoms with Crippen molar-refractivity contribution in [1.29, 1.82) is 0 Å². The van der Waals surface area contributed by atoms with Crippen LogP contribution >= 0.6 is 0 Å². The number of nitrogens with zero attached hydrogens (tertiary/aromatic N) is 2. The fourth-order valence-corrected chi connectivity index (χ4v) is 3.90. The third kappa shape index (κ3) is 3.10. The molecule has 5 nitrogen and oxygen atoms in total. The number of aromatic nitrogens is 2. The summed E-state index contributed by atoms with van der Waals surface area (Å²) >= 11 is 0. The molecule has 0 bridgehead atoms.